The quantitative estimate of drug-likeness (QED) is 0.875. The maximum Gasteiger partial charge on any atom is 0.155 e. The molecule has 1 aromatic carbocycles. The third-order valence-electron chi connectivity index (χ3n) is 2.63. The monoisotopic (exact) mass is 229 g/mol. The highest BCUT2D eigenvalue weighted by Crippen LogP contribution is 2.21. The number of aromatic nitrogens is 2. The molecule has 0 unspecified atom stereocenters. The minimum Gasteiger partial charge on any atom is -0.390 e. The van der Waals surface area contributed by atoms with Gasteiger partial charge in [0.25, 0.3) is 0 Å². The van der Waals surface area contributed by atoms with Crippen molar-refractivity contribution in [2.75, 3.05) is 11.9 Å². The van der Waals surface area contributed by atoms with Gasteiger partial charge in [-0.3, -0.25) is 0 Å². The predicted octanol–water partition coefficient (Wildman–Crippen LogP) is 2.05. The molecule has 88 valence electrons. The largest absolute Gasteiger partial charge is 0.390 e. The van der Waals surface area contributed by atoms with Crippen LogP contribution >= 0.6 is 0 Å². The molecule has 4 nitrogen and oxygen atoms in total. The molecular weight excluding hydrogens is 214 g/mol. The number of hydrogen-bond donors (Lipinski definition) is 1. The van der Waals surface area contributed by atoms with E-state index in [0.717, 1.165) is 11.5 Å². The van der Waals surface area contributed by atoms with Crippen LogP contribution in [0.1, 0.15) is 11.3 Å². The molecule has 0 spiro atoms. The lowest BCUT2D eigenvalue weighted by molar-refractivity contribution is 0.275. The van der Waals surface area contributed by atoms with Gasteiger partial charge in [0.2, 0.25) is 0 Å². The summed E-state index contributed by atoms with van der Waals surface area (Å²) >= 11 is 0. The van der Waals surface area contributed by atoms with Gasteiger partial charge in [0.05, 0.1) is 12.3 Å². The number of aliphatic hydroxyl groups is 1. The Bertz CT molecular complexity index is 479. The zero-order valence-electron chi connectivity index (χ0n) is 9.96. The van der Waals surface area contributed by atoms with E-state index < -0.39 is 0 Å². The van der Waals surface area contributed by atoms with Gasteiger partial charge < -0.3 is 10.0 Å². The molecule has 1 heterocycles. The summed E-state index contributed by atoms with van der Waals surface area (Å²) < 4.78 is 0. The van der Waals surface area contributed by atoms with Crippen LogP contribution in [0.3, 0.4) is 0 Å². The van der Waals surface area contributed by atoms with Crippen molar-refractivity contribution in [1.82, 2.24) is 10.2 Å². The van der Waals surface area contributed by atoms with Crippen LogP contribution in [0.25, 0.3) is 0 Å². The molecule has 0 saturated heterocycles. The van der Waals surface area contributed by atoms with E-state index in [-0.39, 0.29) is 6.61 Å². The van der Waals surface area contributed by atoms with Crippen molar-refractivity contribution in [2.24, 2.45) is 0 Å². The first-order valence-corrected chi connectivity index (χ1v) is 5.44. The van der Waals surface area contributed by atoms with E-state index >= 15 is 0 Å². The zero-order valence-corrected chi connectivity index (χ0v) is 9.96. The molecule has 1 aromatic heterocycles. The number of aryl methyl sites for hydroxylation is 1. The van der Waals surface area contributed by atoms with Crippen LogP contribution in [0.5, 0.6) is 0 Å². The first kappa shape index (κ1) is 11.5. The number of hydrogen-bond acceptors (Lipinski definition) is 4. The van der Waals surface area contributed by atoms with Crippen LogP contribution in [0.15, 0.2) is 36.4 Å². The highest BCUT2D eigenvalue weighted by atomic mass is 16.3. The normalized spacial score (nSPS) is 10.3. The fourth-order valence-electron chi connectivity index (χ4n) is 1.52. The summed E-state index contributed by atoms with van der Waals surface area (Å²) in [4.78, 5) is 1.95. The molecule has 4 heteroatoms. The smallest absolute Gasteiger partial charge is 0.155 e. The average molecular weight is 229 g/mol. The highest BCUT2D eigenvalue weighted by molar-refractivity contribution is 5.58. The van der Waals surface area contributed by atoms with Crippen LogP contribution < -0.4 is 4.90 Å². The van der Waals surface area contributed by atoms with Crippen LogP contribution in [0, 0.1) is 6.92 Å². The summed E-state index contributed by atoms with van der Waals surface area (Å²) in [5, 5.41) is 16.9. The van der Waals surface area contributed by atoms with Crippen molar-refractivity contribution in [3.63, 3.8) is 0 Å². The van der Waals surface area contributed by atoms with Gasteiger partial charge in [-0.15, -0.1) is 5.10 Å². The van der Waals surface area contributed by atoms with Gasteiger partial charge in [-0.05, 0) is 31.2 Å². The van der Waals surface area contributed by atoms with Crippen molar-refractivity contribution in [1.29, 1.82) is 0 Å². The molecule has 0 saturated carbocycles. The van der Waals surface area contributed by atoms with E-state index in [1.807, 2.05) is 30.1 Å². The lowest BCUT2D eigenvalue weighted by Gasteiger charge is -2.17. The minimum absolute atomic E-state index is 0.0818. The summed E-state index contributed by atoms with van der Waals surface area (Å²) in [7, 11) is 1.94. The van der Waals surface area contributed by atoms with E-state index in [9.17, 15) is 0 Å². The first-order valence-electron chi connectivity index (χ1n) is 5.44. The van der Waals surface area contributed by atoms with Crippen molar-refractivity contribution in [2.45, 2.75) is 13.5 Å². The number of aliphatic hydroxyl groups excluding tert-OH is 1. The summed E-state index contributed by atoms with van der Waals surface area (Å²) in [6, 6.07) is 11.8. The fraction of sp³-hybridized carbons (Fsp3) is 0.231. The van der Waals surface area contributed by atoms with Crippen molar-refractivity contribution in [3.05, 3.63) is 47.7 Å². The zero-order chi connectivity index (χ0) is 12.3. The lowest BCUT2D eigenvalue weighted by atomic mass is 10.2. The van der Waals surface area contributed by atoms with Gasteiger partial charge in [-0.25, -0.2) is 0 Å². The van der Waals surface area contributed by atoms with E-state index in [1.54, 1.807) is 6.07 Å². The maximum atomic E-state index is 8.90. The molecule has 0 aliphatic rings. The molecule has 0 aliphatic heterocycles. The summed E-state index contributed by atoms with van der Waals surface area (Å²) in [6.45, 7) is 1.97. The van der Waals surface area contributed by atoms with E-state index in [2.05, 4.69) is 29.3 Å². The Hall–Kier alpha value is -1.94. The van der Waals surface area contributed by atoms with Crippen LogP contribution in [0.4, 0.5) is 11.5 Å². The molecule has 0 fully saturated rings. The fourth-order valence-corrected chi connectivity index (χ4v) is 1.52. The van der Waals surface area contributed by atoms with E-state index in [4.69, 9.17) is 5.11 Å². The molecule has 1 N–H and O–H groups in total. The Morgan fingerprint density at radius 2 is 1.76 bits per heavy atom. The third-order valence-corrected chi connectivity index (χ3v) is 2.63. The molecule has 0 aliphatic carbocycles. The lowest BCUT2D eigenvalue weighted by Crippen LogP contribution is -2.12. The number of benzene rings is 1. The molecular formula is C13H15N3O. The molecule has 2 aromatic rings. The number of nitrogens with zero attached hydrogens (tertiary/aromatic N) is 3. The number of rotatable bonds is 3. The molecule has 2 rings (SSSR count). The Morgan fingerprint density at radius 3 is 2.29 bits per heavy atom. The molecule has 0 amide bonds. The summed E-state index contributed by atoms with van der Waals surface area (Å²) in [5.41, 5.74) is 2.86. The minimum atomic E-state index is -0.0818. The molecule has 0 atom stereocenters. The Kier molecular flexibility index (Phi) is 3.35. The van der Waals surface area contributed by atoms with Gasteiger partial charge in [0.1, 0.15) is 0 Å². The van der Waals surface area contributed by atoms with Crippen LogP contribution in [-0.4, -0.2) is 22.4 Å². The molecule has 0 bridgehead atoms. The van der Waals surface area contributed by atoms with Gasteiger partial charge in [-0.1, -0.05) is 17.7 Å². The van der Waals surface area contributed by atoms with Crippen LogP contribution in [0.2, 0.25) is 0 Å². The summed E-state index contributed by atoms with van der Waals surface area (Å²) in [6.07, 6.45) is 0. The second-order valence-electron chi connectivity index (χ2n) is 3.94. The van der Waals surface area contributed by atoms with Crippen molar-refractivity contribution >= 4 is 11.5 Å². The SMILES string of the molecule is Cc1ccc(N(C)c2ccc(CO)nn2)cc1. The second-order valence-corrected chi connectivity index (χ2v) is 3.94. The van der Waals surface area contributed by atoms with Gasteiger partial charge in [0.15, 0.2) is 5.82 Å². The molecule has 17 heavy (non-hydrogen) atoms. The van der Waals surface area contributed by atoms with Crippen molar-refractivity contribution < 1.29 is 5.11 Å². The second kappa shape index (κ2) is 4.93. The van der Waals surface area contributed by atoms with Crippen LogP contribution in [-0.2, 0) is 6.61 Å². The topological polar surface area (TPSA) is 49.2 Å². The first-order chi connectivity index (χ1) is 8.20. The standard InChI is InChI=1S/C13H15N3O/c1-10-3-6-12(7-4-10)16(2)13-8-5-11(9-17)14-15-13/h3-8,17H,9H2,1-2H3. The molecule has 0 radical (unpaired) electrons. The summed E-state index contributed by atoms with van der Waals surface area (Å²) in [5.74, 6) is 0.756. The van der Waals surface area contributed by atoms with Crippen molar-refractivity contribution in [3.8, 4) is 0 Å². The predicted molar refractivity (Wildman–Crippen MR) is 67.2 cm³/mol. The third kappa shape index (κ3) is 2.60. The maximum absolute atomic E-state index is 8.90. The van der Waals surface area contributed by atoms with E-state index in [1.165, 1.54) is 5.56 Å². The van der Waals surface area contributed by atoms with Gasteiger partial charge in [0, 0.05) is 12.7 Å². The van der Waals surface area contributed by atoms with Gasteiger partial charge in [-0.2, -0.15) is 5.10 Å². The number of anilines is 2. The Labute approximate surface area is 101 Å². The van der Waals surface area contributed by atoms with E-state index in [0.29, 0.717) is 5.69 Å². The average Bonchev–Trinajstić information content (AvgIpc) is 2.39. The Balaban J connectivity index is 2.23. The van der Waals surface area contributed by atoms with Gasteiger partial charge >= 0.3 is 0 Å². The highest BCUT2D eigenvalue weighted by Gasteiger charge is 2.05. The Morgan fingerprint density at radius 1 is 1.06 bits per heavy atom.